The fourth-order valence-corrected chi connectivity index (χ4v) is 15.8. The van der Waals surface area contributed by atoms with Crippen LogP contribution in [0, 0.1) is 43.9 Å². The van der Waals surface area contributed by atoms with Gasteiger partial charge in [-0.3, -0.25) is 19.4 Å². The molecule has 6 unspecified atom stereocenters. The molecular formula is C56H76F2N4O8. The van der Waals surface area contributed by atoms with Gasteiger partial charge in [0, 0.05) is 101 Å². The largest absolute Gasteiger partial charge is 0.493 e. The summed E-state index contributed by atoms with van der Waals surface area (Å²) in [4.78, 5) is 55.1. The van der Waals surface area contributed by atoms with Crippen molar-refractivity contribution in [3.8, 4) is 5.75 Å². The molecule has 6 aliphatic rings. The molecule has 1 spiro atoms. The summed E-state index contributed by atoms with van der Waals surface area (Å²) in [6.45, 7) is 26.9. The molecule has 1 saturated carbocycles. The summed E-state index contributed by atoms with van der Waals surface area (Å²) < 4.78 is 67.9. The number of ether oxygens (including phenoxy) is 4. The molecule has 6 heterocycles. The topological polar surface area (TPSA) is 134 Å². The maximum atomic E-state index is 16.3. The van der Waals surface area contributed by atoms with Crippen molar-refractivity contribution in [2.24, 2.45) is 23.2 Å². The lowest BCUT2D eigenvalue weighted by Gasteiger charge is -2.65. The monoisotopic (exact) mass is 972 g/mol. The highest BCUT2D eigenvalue weighted by Crippen LogP contribution is 2.72. The lowest BCUT2D eigenvalue weighted by molar-refractivity contribution is -0.231. The Labute approximate surface area is 414 Å². The van der Waals surface area contributed by atoms with Gasteiger partial charge in [0.15, 0.2) is 6.10 Å². The second kappa shape index (κ2) is 17.0. The Morgan fingerprint density at radius 1 is 0.971 bits per heavy atom. The Hall–Kier alpha value is -4.53. The van der Waals surface area contributed by atoms with Crippen LogP contribution in [-0.4, -0.2) is 119 Å². The van der Waals surface area contributed by atoms with Crippen LogP contribution in [-0.2, 0) is 39.4 Å². The predicted molar refractivity (Wildman–Crippen MR) is 266 cm³/mol. The molecule has 3 fully saturated rings. The van der Waals surface area contributed by atoms with E-state index in [2.05, 4.69) is 67.6 Å². The number of alkyl halides is 2. The number of aliphatic hydroxyl groups is 1. The third kappa shape index (κ3) is 6.35. The zero-order valence-electron chi connectivity index (χ0n) is 44.9. The maximum absolute atomic E-state index is 16.3. The molecule has 0 radical (unpaired) electrons. The summed E-state index contributed by atoms with van der Waals surface area (Å²) in [5.41, 5.74) is -0.254. The summed E-state index contributed by atoms with van der Waals surface area (Å²) in [7, 11) is 1.23. The van der Waals surface area contributed by atoms with Crippen LogP contribution in [0.25, 0.3) is 10.9 Å². The zero-order chi connectivity index (χ0) is 52.0. The summed E-state index contributed by atoms with van der Waals surface area (Å²) in [5.74, 6) is -6.93. The third-order valence-corrected chi connectivity index (χ3v) is 19.0. The standard InChI is InChI=1S/C56H76F2N4O8/c1-16-53-21-20-30(7)62-33(10)32(9)55(47(53)62)44-31(8)45(42(68-18-3)25-41(44)60(17-2)48(55)56(66,51(65)67-15)49(53)70-36(13)63)54(50(64)69-19-4)26-37-24-38(52(14,57)58)27-61(34(37)11)35(12)43-39-22-28(5)29(6)23-40(39)59-46(43)54/h20-23,25,30,32-35,37-38,47-49,59,66H,16-19,24,26-27H2,1-15H3/t30?,32-,33?,34?,35?,37+,38-,47+,48-,49-,53-,54+,55?,56+/m1/s1/i25D. The van der Waals surface area contributed by atoms with Crippen LogP contribution in [0.2, 0.25) is 0 Å². The molecule has 70 heavy (non-hydrogen) atoms. The number of fused-ring (bicyclic) bond motifs is 6. The van der Waals surface area contributed by atoms with Crippen LogP contribution in [0.1, 0.15) is 142 Å². The minimum Gasteiger partial charge on any atom is -0.493 e. The highest BCUT2D eigenvalue weighted by atomic mass is 19.3. The Morgan fingerprint density at radius 3 is 2.26 bits per heavy atom. The van der Waals surface area contributed by atoms with E-state index in [1.54, 1.807) is 6.92 Å². The number of H-pyrrole nitrogens is 1. The van der Waals surface area contributed by atoms with Crippen molar-refractivity contribution in [1.82, 2.24) is 14.8 Å². The number of carbonyl (C=O) groups is 3. The third-order valence-electron chi connectivity index (χ3n) is 19.0. The van der Waals surface area contributed by atoms with Crippen molar-refractivity contribution in [2.75, 3.05) is 38.3 Å². The van der Waals surface area contributed by atoms with E-state index < -0.39 is 81.7 Å². The Bertz CT molecular complexity index is 2720. The Morgan fingerprint density at radius 2 is 1.66 bits per heavy atom. The van der Waals surface area contributed by atoms with Crippen LogP contribution in [0.4, 0.5) is 14.5 Å². The van der Waals surface area contributed by atoms with E-state index in [1.807, 2.05) is 52.5 Å². The van der Waals surface area contributed by atoms with Gasteiger partial charge in [-0.25, -0.2) is 13.6 Å². The minimum absolute atomic E-state index is 0.0156. The van der Waals surface area contributed by atoms with Crippen molar-refractivity contribution in [3.63, 3.8) is 0 Å². The predicted octanol–water partition coefficient (Wildman–Crippen LogP) is 9.15. The number of methoxy groups -OCH3 is 1. The number of rotatable bonds is 10. The second-order valence-electron chi connectivity index (χ2n) is 22.0. The van der Waals surface area contributed by atoms with Crippen LogP contribution in [0.5, 0.6) is 5.75 Å². The molecule has 2 aromatic carbocycles. The van der Waals surface area contributed by atoms with Gasteiger partial charge in [-0.1, -0.05) is 26.0 Å². The van der Waals surface area contributed by atoms with Crippen LogP contribution in [0.3, 0.4) is 0 Å². The summed E-state index contributed by atoms with van der Waals surface area (Å²) in [5, 5.41) is 14.9. The number of halogens is 2. The molecule has 382 valence electrons. The van der Waals surface area contributed by atoms with Crippen LogP contribution >= 0.6 is 0 Å². The first-order chi connectivity index (χ1) is 33.4. The first-order valence-electron chi connectivity index (χ1n) is 26.3. The molecule has 2 bridgehead atoms. The van der Waals surface area contributed by atoms with Gasteiger partial charge in [-0.05, 0) is 147 Å². The number of nitrogens with zero attached hydrogens (tertiary/aromatic N) is 3. The van der Waals surface area contributed by atoms with Gasteiger partial charge in [-0.2, -0.15) is 0 Å². The Kier molecular flexibility index (Phi) is 11.9. The summed E-state index contributed by atoms with van der Waals surface area (Å²) in [6, 6.07) is 1.46. The molecule has 2 N–H and O–H groups in total. The smallest absolute Gasteiger partial charge is 0.344 e. The molecule has 0 amide bonds. The Balaban J connectivity index is 1.51. The number of benzene rings is 2. The minimum atomic E-state index is -3.02. The van der Waals surface area contributed by atoms with E-state index in [4.69, 9.17) is 18.9 Å². The number of aromatic amines is 1. The second-order valence-corrected chi connectivity index (χ2v) is 22.0. The molecule has 9 rings (SSSR count). The molecule has 3 aromatic rings. The van der Waals surface area contributed by atoms with Gasteiger partial charge in [0.05, 0.1) is 27.7 Å². The van der Waals surface area contributed by atoms with Gasteiger partial charge in [0.25, 0.3) is 0 Å². The number of hydrogen-bond acceptors (Lipinski definition) is 11. The van der Waals surface area contributed by atoms with Crippen molar-refractivity contribution in [3.05, 3.63) is 69.4 Å². The van der Waals surface area contributed by atoms with Crippen molar-refractivity contribution in [2.45, 2.75) is 181 Å². The summed E-state index contributed by atoms with van der Waals surface area (Å²) in [6.07, 6.45) is 3.23. The number of esters is 3. The number of hydrogen-bond donors (Lipinski definition) is 2. The van der Waals surface area contributed by atoms with Gasteiger partial charge in [0.1, 0.15) is 11.2 Å². The van der Waals surface area contributed by atoms with Crippen LogP contribution in [0.15, 0.2) is 30.3 Å². The lowest BCUT2D eigenvalue weighted by atomic mass is 9.45. The molecule has 15 atom stereocenters. The first-order valence-corrected chi connectivity index (χ1v) is 25.8. The molecule has 1 aromatic heterocycles. The highest BCUT2D eigenvalue weighted by molar-refractivity contribution is 5.96. The SMILES string of the molecule is [2H]c1c(OCC)c([C@@]2(C(=O)OCC)C[C@@H]3C[C@@H](C(C)(F)F)CN(C(C)c4c2[nH]c2cc(C)c(C)cc42)C3C)c(C)c2c1N(CC)[C@@H]1C23[C@H](C)C(C)N2C(C)C=C[C@](CC)([C@H]23)[C@@H](OC(C)=O)[C@]1(O)C(=O)OC. The number of piperidine rings is 1. The molecule has 12 nitrogen and oxygen atoms in total. The van der Waals surface area contributed by atoms with Crippen molar-refractivity contribution < 1.29 is 48.6 Å². The lowest BCUT2D eigenvalue weighted by Crippen LogP contribution is -2.82. The van der Waals surface area contributed by atoms with Gasteiger partial charge in [0.2, 0.25) is 11.5 Å². The van der Waals surface area contributed by atoms with E-state index in [9.17, 15) is 11.3 Å². The fraction of sp³-hybridized carbons (Fsp3) is 0.661. The number of anilines is 1. The van der Waals surface area contributed by atoms with Gasteiger partial charge < -0.3 is 33.9 Å². The van der Waals surface area contributed by atoms with Gasteiger partial charge in [-0.15, -0.1) is 0 Å². The number of nitrogens with one attached hydrogen (secondary N) is 1. The summed E-state index contributed by atoms with van der Waals surface area (Å²) >= 11 is 0. The van der Waals surface area contributed by atoms with E-state index in [0.717, 1.165) is 34.5 Å². The number of aromatic nitrogens is 1. The number of likely N-dealkylation sites (N-methyl/N-ethyl adjacent to an activating group) is 1. The van der Waals surface area contributed by atoms with E-state index in [1.165, 1.54) is 14.0 Å². The van der Waals surface area contributed by atoms with E-state index in [0.29, 0.717) is 34.5 Å². The highest BCUT2D eigenvalue weighted by Gasteiger charge is 2.83. The average Bonchev–Trinajstić information content (AvgIpc) is 3.92. The van der Waals surface area contributed by atoms with Gasteiger partial charge >= 0.3 is 17.9 Å². The molecule has 5 aliphatic heterocycles. The molecule has 2 saturated heterocycles. The quantitative estimate of drug-likeness (QED) is 0.115. The fourth-order valence-electron chi connectivity index (χ4n) is 15.8. The molecule has 1 aliphatic carbocycles. The molecular weight excluding hydrogens is 895 g/mol. The van der Waals surface area contributed by atoms with E-state index in [-0.39, 0.29) is 75.0 Å². The van der Waals surface area contributed by atoms with Crippen molar-refractivity contribution >= 4 is 34.5 Å². The number of carbonyl (C=O) groups excluding carboxylic acids is 3. The maximum Gasteiger partial charge on any atom is 0.344 e. The van der Waals surface area contributed by atoms with Crippen molar-refractivity contribution in [1.29, 1.82) is 0 Å². The molecule has 14 heteroatoms. The zero-order valence-corrected chi connectivity index (χ0v) is 43.9. The normalized spacial score (nSPS) is 37.7. The number of aryl methyl sites for hydroxylation is 2. The van der Waals surface area contributed by atoms with Crippen LogP contribution < -0.4 is 9.64 Å². The average molecular weight is 972 g/mol. The van der Waals surface area contributed by atoms with E-state index >= 15 is 18.4 Å². The first kappa shape index (κ1) is 49.1.